The molecule has 0 bridgehead atoms. The number of amides is 1. The van der Waals surface area contributed by atoms with Crippen LogP contribution in [0.1, 0.15) is 0 Å². The third-order valence-electron chi connectivity index (χ3n) is 3.49. The molecule has 0 N–H and O–H groups in total. The largest absolute Gasteiger partial charge is 0.323 e. The lowest BCUT2D eigenvalue weighted by molar-refractivity contribution is -0.132. The summed E-state index contributed by atoms with van der Waals surface area (Å²) in [6, 6.07) is 9.67. The van der Waals surface area contributed by atoms with Gasteiger partial charge in [-0.1, -0.05) is 18.2 Å². The Labute approximate surface area is 121 Å². The number of aromatic nitrogens is 1. The molecule has 3 heterocycles. The summed E-state index contributed by atoms with van der Waals surface area (Å²) >= 11 is 3.20. The lowest BCUT2D eigenvalue weighted by Gasteiger charge is -2.03. The van der Waals surface area contributed by atoms with E-state index in [0.29, 0.717) is 10.6 Å². The van der Waals surface area contributed by atoms with Gasteiger partial charge in [-0.05, 0) is 28.1 Å². The molecule has 4 rings (SSSR count). The number of hydrogen-bond donors (Lipinski definition) is 0. The van der Waals surface area contributed by atoms with Gasteiger partial charge in [0, 0.05) is 28.4 Å². The van der Waals surface area contributed by atoms with Crippen LogP contribution in [0.4, 0.5) is 0 Å². The number of halogens is 1. The zero-order valence-corrected chi connectivity index (χ0v) is 11.7. The Morgan fingerprint density at radius 1 is 1.05 bits per heavy atom. The van der Waals surface area contributed by atoms with Crippen LogP contribution < -0.4 is 10.6 Å². The van der Waals surface area contributed by atoms with Gasteiger partial charge < -0.3 is 4.40 Å². The summed E-state index contributed by atoms with van der Waals surface area (Å²) < 4.78 is 2.26. The summed E-state index contributed by atoms with van der Waals surface area (Å²) in [6.45, 7) is 0. The third-order valence-corrected chi connectivity index (χ3v) is 4.28. The number of carbonyl (C=O) groups excluding carboxylic acids is 2. The van der Waals surface area contributed by atoms with Crippen molar-refractivity contribution in [3.05, 3.63) is 53.3 Å². The average Bonchev–Trinajstić information content (AvgIpc) is 2.84. The highest BCUT2D eigenvalue weighted by Crippen LogP contribution is 2.19. The van der Waals surface area contributed by atoms with E-state index in [1.165, 1.54) is 0 Å². The van der Waals surface area contributed by atoms with Gasteiger partial charge >= 0.3 is 5.91 Å². The molecule has 0 aliphatic carbocycles. The highest BCUT2D eigenvalue weighted by molar-refractivity contribution is 9.15. The summed E-state index contributed by atoms with van der Waals surface area (Å²) in [6.07, 6.45) is 3.87. The molecule has 3 aromatic rings. The molecular weight excluding hydrogens is 320 g/mol. The summed E-state index contributed by atoms with van der Waals surface area (Å²) in [5.41, 5.74) is 1.04. The molecule has 0 saturated carbocycles. The molecular formula is C15H7BrN2O2. The monoisotopic (exact) mass is 326 g/mol. The van der Waals surface area contributed by atoms with Crippen LogP contribution >= 0.6 is 15.9 Å². The Kier molecular flexibility index (Phi) is 2.23. The van der Waals surface area contributed by atoms with E-state index >= 15 is 0 Å². The number of Topliss-reactive ketones (excluding diaryl/α,β-unsaturated/α-hetero) is 1. The number of pyridine rings is 1. The first-order valence-corrected chi connectivity index (χ1v) is 6.82. The smallest absolute Gasteiger partial charge is 0.319 e. The fraction of sp³-hybridized carbons (Fsp3) is 0. The minimum absolute atomic E-state index is 0.282. The number of hydrogen-bond acceptors (Lipinski definition) is 2. The highest BCUT2D eigenvalue weighted by atomic mass is 79.9. The first kappa shape index (κ1) is 11.5. The predicted octanol–water partition coefficient (Wildman–Crippen LogP) is 1.32. The van der Waals surface area contributed by atoms with Crippen LogP contribution in [0.2, 0.25) is 0 Å². The summed E-state index contributed by atoms with van der Waals surface area (Å²) in [5, 5.41) is 3.10. The highest BCUT2D eigenvalue weighted by Gasteiger charge is 2.22. The Morgan fingerprint density at radius 2 is 1.90 bits per heavy atom. The second kappa shape index (κ2) is 3.86. The molecule has 4 nitrogen and oxygen atoms in total. The van der Waals surface area contributed by atoms with Crippen molar-refractivity contribution in [1.29, 1.82) is 0 Å². The Bertz CT molecular complexity index is 1050. The van der Waals surface area contributed by atoms with Crippen molar-refractivity contribution < 1.29 is 9.59 Å². The van der Waals surface area contributed by atoms with Crippen LogP contribution in [-0.4, -0.2) is 16.1 Å². The van der Waals surface area contributed by atoms with Crippen molar-refractivity contribution in [3.63, 3.8) is 0 Å². The molecule has 1 amide bonds. The van der Waals surface area contributed by atoms with E-state index in [9.17, 15) is 9.59 Å². The maximum absolute atomic E-state index is 11.7. The molecule has 1 aliphatic heterocycles. The maximum Gasteiger partial charge on any atom is 0.319 e. The van der Waals surface area contributed by atoms with Crippen LogP contribution in [0.25, 0.3) is 20.8 Å². The van der Waals surface area contributed by atoms with Gasteiger partial charge in [0.2, 0.25) is 0 Å². The summed E-state index contributed by atoms with van der Waals surface area (Å²) in [7, 11) is 0. The van der Waals surface area contributed by atoms with E-state index < -0.39 is 11.7 Å². The van der Waals surface area contributed by atoms with Crippen molar-refractivity contribution in [3.8, 4) is 0 Å². The molecule has 0 unspecified atom stereocenters. The summed E-state index contributed by atoms with van der Waals surface area (Å²) in [4.78, 5) is 27.3. The Hall–Kier alpha value is -2.27. The minimum Gasteiger partial charge on any atom is -0.323 e. The van der Waals surface area contributed by atoms with Crippen molar-refractivity contribution in [2.24, 2.45) is 4.99 Å². The van der Waals surface area contributed by atoms with Crippen LogP contribution in [0, 0.1) is 0 Å². The molecule has 0 fully saturated rings. The molecule has 96 valence electrons. The van der Waals surface area contributed by atoms with Crippen molar-refractivity contribution in [2.75, 3.05) is 0 Å². The van der Waals surface area contributed by atoms with Gasteiger partial charge in [-0.2, -0.15) is 0 Å². The number of nitrogens with zero attached hydrogens (tertiary/aromatic N) is 2. The van der Waals surface area contributed by atoms with E-state index in [2.05, 4.69) is 20.9 Å². The summed E-state index contributed by atoms with van der Waals surface area (Å²) in [5.74, 6) is -1.33. The normalized spacial score (nSPS) is 14.8. The topological polar surface area (TPSA) is 50.9 Å². The maximum atomic E-state index is 11.7. The lowest BCUT2D eigenvalue weighted by Crippen LogP contribution is -2.36. The van der Waals surface area contributed by atoms with E-state index in [0.717, 1.165) is 16.3 Å². The van der Waals surface area contributed by atoms with E-state index in [4.69, 9.17) is 0 Å². The van der Waals surface area contributed by atoms with Gasteiger partial charge in [0.1, 0.15) is 0 Å². The fourth-order valence-corrected chi connectivity index (χ4v) is 3.05. The molecule has 1 aromatic carbocycles. The number of rotatable bonds is 0. The number of fused-ring (bicyclic) bond motifs is 5. The zero-order valence-electron chi connectivity index (χ0n) is 10.1. The van der Waals surface area contributed by atoms with E-state index in [1.54, 1.807) is 0 Å². The number of benzene rings is 1. The second-order valence-electron chi connectivity index (χ2n) is 4.61. The molecule has 5 heteroatoms. The van der Waals surface area contributed by atoms with Gasteiger partial charge in [0.05, 0.1) is 15.4 Å². The van der Waals surface area contributed by atoms with Crippen molar-refractivity contribution in [1.82, 2.24) is 4.40 Å². The fourth-order valence-electron chi connectivity index (χ4n) is 2.56. The SMILES string of the molecule is O=C1N=c2c(ccc3c2cn2ccccc32)=C(Br)C1=O. The van der Waals surface area contributed by atoms with Crippen LogP contribution in [0.3, 0.4) is 0 Å². The Morgan fingerprint density at radius 3 is 2.75 bits per heavy atom. The van der Waals surface area contributed by atoms with E-state index in [1.807, 2.05) is 47.1 Å². The molecule has 0 radical (unpaired) electrons. The van der Waals surface area contributed by atoms with E-state index in [-0.39, 0.29) is 4.48 Å². The zero-order chi connectivity index (χ0) is 13.9. The number of carbonyl (C=O) groups is 2. The molecule has 1 aliphatic rings. The first-order chi connectivity index (χ1) is 9.66. The molecule has 0 spiro atoms. The quantitative estimate of drug-likeness (QED) is 0.585. The van der Waals surface area contributed by atoms with Gasteiger partial charge in [-0.3, -0.25) is 9.59 Å². The van der Waals surface area contributed by atoms with Crippen molar-refractivity contribution >= 4 is 48.4 Å². The van der Waals surface area contributed by atoms with Crippen LogP contribution in [0.15, 0.2) is 47.7 Å². The predicted molar refractivity (Wildman–Crippen MR) is 78.0 cm³/mol. The van der Waals surface area contributed by atoms with Gasteiger partial charge in [-0.15, -0.1) is 0 Å². The van der Waals surface area contributed by atoms with Crippen LogP contribution in [0.5, 0.6) is 0 Å². The minimum atomic E-state index is -0.730. The van der Waals surface area contributed by atoms with Crippen molar-refractivity contribution in [2.45, 2.75) is 0 Å². The molecule has 2 aromatic heterocycles. The second-order valence-corrected chi connectivity index (χ2v) is 5.40. The lowest BCUT2D eigenvalue weighted by atomic mass is 10.1. The Balaban J connectivity index is 2.33. The van der Waals surface area contributed by atoms with Gasteiger partial charge in [0.15, 0.2) is 0 Å². The molecule has 0 saturated heterocycles. The molecule has 0 atom stereocenters. The van der Waals surface area contributed by atoms with Gasteiger partial charge in [-0.25, -0.2) is 4.99 Å². The number of ketones is 1. The van der Waals surface area contributed by atoms with Gasteiger partial charge in [0.25, 0.3) is 5.78 Å². The van der Waals surface area contributed by atoms with Crippen LogP contribution in [-0.2, 0) is 9.59 Å². The standard InChI is InChI=1S/C15H7BrN2O2/c16-12-9-5-4-8-10(13(9)17-15(20)14(12)19)7-18-6-2-1-3-11(8)18/h1-7H. The first-order valence-electron chi connectivity index (χ1n) is 6.02. The average molecular weight is 327 g/mol. The molecule has 20 heavy (non-hydrogen) atoms. The third kappa shape index (κ3) is 1.38.